The van der Waals surface area contributed by atoms with Gasteiger partial charge in [0.15, 0.2) is 11.5 Å². The van der Waals surface area contributed by atoms with E-state index < -0.39 is 0 Å². The monoisotopic (exact) mass is 462 g/mol. The molecule has 35 heavy (non-hydrogen) atoms. The van der Waals surface area contributed by atoms with E-state index >= 15 is 0 Å². The van der Waals surface area contributed by atoms with Crippen LogP contribution in [0.15, 0.2) is 78.9 Å². The molecule has 0 atom stereocenters. The molecule has 1 amide bonds. The zero-order chi connectivity index (χ0) is 23.8. The standard InChI is InChI=1S/C28H26N6O/c1-20-12-14-21(15-13-20)25-30-31-26-23-10-5-6-11-24(23)29-28(34(25)26)33-17-7-16-32(18-19-33)27(35)22-8-3-2-4-9-22/h2-6,8-15H,7,16-19H2,1H3. The maximum Gasteiger partial charge on any atom is 0.253 e. The molecule has 0 aliphatic carbocycles. The molecule has 3 aromatic carbocycles. The number of nitrogens with zero attached hydrogens (tertiary/aromatic N) is 6. The molecule has 2 aromatic heterocycles. The van der Waals surface area contributed by atoms with E-state index in [1.807, 2.05) is 59.5 Å². The van der Waals surface area contributed by atoms with Gasteiger partial charge < -0.3 is 9.80 Å². The van der Waals surface area contributed by atoms with Gasteiger partial charge in [-0.05, 0) is 37.6 Å². The third kappa shape index (κ3) is 3.89. The average Bonchev–Trinajstić information content (AvgIpc) is 3.20. The van der Waals surface area contributed by atoms with Crippen molar-refractivity contribution >= 4 is 28.4 Å². The molecular formula is C28H26N6O. The third-order valence-electron chi connectivity index (χ3n) is 6.62. The Hall–Kier alpha value is -4.26. The molecule has 0 saturated carbocycles. The highest BCUT2D eigenvalue weighted by Crippen LogP contribution is 2.29. The van der Waals surface area contributed by atoms with Crippen LogP contribution in [0.25, 0.3) is 27.9 Å². The number of carbonyl (C=O) groups is 1. The Kier molecular flexibility index (Phi) is 5.37. The molecule has 0 unspecified atom stereocenters. The van der Waals surface area contributed by atoms with Crippen molar-refractivity contribution in [1.29, 1.82) is 0 Å². The van der Waals surface area contributed by atoms with Crippen LogP contribution >= 0.6 is 0 Å². The highest BCUT2D eigenvalue weighted by molar-refractivity contribution is 5.94. The second-order valence-electron chi connectivity index (χ2n) is 8.98. The number of fused-ring (bicyclic) bond motifs is 3. The summed E-state index contributed by atoms with van der Waals surface area (Å²) >= 11 is 0. The second-order valence-corrected chi connectivity index (χ2v) is 8.98. The first-order valence-electron chi connectivity index (χ1n) is 12.0. The first-order chi connectivity index (χ1) is 17.2. The Morgan fingerprint density at radius 3 is 2.40 bits per heavy atom. The predicted octanol–water partition coefficient (Wildman–Crippen LogP) is 4.61. The summed E-state index contributed by atoms with van der Waals surface area (Å²) in [6, 6.07) is 25.9. The number of para-hydroxylation sites is 1. The summed E-state index contributed by atoms with van der Waals surface area (Å²) < 4.78 is 2.07. The van der Waals surface area contributed by atoms with Crippen molar-refractivity contribution in [3.8, 4) is 11.4 Å². The first-order valence-corrected chi connectivity index (χ1v) is 12.0. The molecule has 5 aromatic rings. The van der Waals surface area contributed by atoms with E-state index in [9.17, 15) is 4.79 Å². The summed E-state index contributed by atoms with van der Waals surface area (Å²) in [5, 5.41) is 10.1. The van der Waals surface area contributed by atoms with Gasteiger partial charge in [-0.15, -0.1) is 10.2 Å². The van der Waals surface area contributed by atoms with E-state index in [4.69, 9.17) is 4.98 Å². The lowest BCUT2D eigenvalue weighted by Crippen LogP contribution is -2.35. The van der Waals surface area contributed by atoms with E-state index in [1.54, 1.807) is 0 Å². The Morgan fingerprint density at radius 2 is 1.57 bits per heavy atom. The van der Waals surface area contributed by atoms with Crippen LogP contribution in [0.4, 0.5) is 5.95 Å². The highest BCUT2D eigenvalue weighted by atomic mass is 16.2. The van der Waals surface area contributed by atoms with E-state index in [0.29, 0.717) is 19.6 Å². The van der Waals surface area contributed by atoms with Crippen molar-refractivity contribution in [2.45, 2.75) is 13.3 Å². The van der Waals surface area contributed by atoms with Crippen LogP contribution in [0.1, 0.15) is 22.3 Å². The van der Waals surface area contributed by atoms with Gasteiger partial charge in [-0.2, -0.15) is 0 Å². The average molecular weight is 463 g/mol. The van der Waals surface area contributed by atoms with Crippen LogP contribution in [0.2, 0.25) is 0 Å². The Labute approximate surface area is 203 Å². The van der Waals surface area contributed by atoms with Crippen LogP contribution in [-0.2, 0) is 0 Å². The summed E-state index contributed by atoms with van der Waals surface area (Å²) in [6.45, 7) is 4.90. The van der Waals surface area contributed by atoms with Crippen molar-refractivity contribution in [3.05, 3.63) is 90.0 Å². The largest absolute Gasteiger partial charge is 0.340 e. The van der Waals surface area contributed by atoms with E-state index in [0.717, 1.165) is 52.4 Å². The zero-order valence-corrected chi connectivity index (χ0v) is 19.6. The molecule has 3 heterocycles. The van der Waals surface area contributed by atoms with E-state index in [2.05, 4.69) is 50.7 Å². The Morgan fingerprint density at radius 1 is 0.800 bits per heavy atom. The Bertz CT molecular complexity index is 1510. The molecule has 1 aliphatic heterocycles. The molecule has 6 rings (SSSR count). The third-order valence-corrected chi connectivity index (χ3v) is 6.62. The van der Waals surface area contributed by atoms with Crippen molar-refractivity contribution in [1.82, 2.24) is 24.5 Å². The maximum absolute atomic E-state index is 13.1. The molecule has 174 valence electrons. The van der Waals surface area contributed by atoms with Gasteiger partial charge in [0.25, 0.3) is 5.91 Å². The van der Waals surface area contributed by atoms with Gasteiger partial charge >= 0.3 is 0 Å². The summed E-state index contributed by atoms with van der Waals surface area (Å²) in [5.41, 5.74) is 4.61. The number of aromatic nitrogens is 4. The lowest BCUT2D eigenvalue weighted by molar-refractivity contribution is 0.0767. The fourth-order valence-corrected chi connectivity index (χ4v) is 4.75. The number of amides is 1. The molecule has 7 heteroatoms. The van der Waals surface area contributed by atoms with E-state index in [1.165, 1.54) is 5.56 Å². The van der Waals surface area contributed by atoms with Gasteiger partial charge in [-0.25, -0.2) is 9.38 Å². The van der Waals surface area contributed by atoms with Crippen LogP contribution < -0.4 is 4.90 Å². The fraction of sp³-hybridized carbons (Fsp3) is 0.214. The molecule has 0 spiro atoms. The summed E-state index contributed by atoms with van der Waals surface area (Å²) in [7, 11) is 0. The molecule has 0 N–H and O–H groups in total. The zero-order valence-electron chi connectivity index (χ0n) is 19.6. The van der Waals surface area contributed by atoms with Gasteiger partial charge in [0.05, 0.1) is 5.52 Å². The lowest BCUT2D eigenvalue weighted by atomic mass is 10.1. The number of rotatable bonds is 3. The minimum atomic E-state index is 0.0775. The number of anilines is 1. The fourth-order valence-electron chi connectivity index (χ4n) is 4.75. The summed E-state index contributed by atoms with van der Waals surface area (Å²) in [4.78, 5) is 22.4. The molecule has 0 radical (unpaired) electrons. The van der Waals surface area contributed by atoms with Gasteiger partial charge in [0.1, 0.15) is 0 Å². The lowest BCUT2D eigenvalue weighted by Gasteiger charge is -2.24. The number of carbonyl (C=O) groups excluding carboxylic acids is 1. The molecular weight excluding hydrogens is 436 g/mol. The minimum absolute atomic E-state index is 0.0775. The molecule has 0 bridgehead atoms. The van der Waals surface area contributed by atoms with Gasteiger partial charge in [-0.1, -0.05) is 60.2 Å². The van der Waals surface area contributed by atoms with Crippen LogP contribution in [-0.4, -0.2) is 56.6 Å². The second kappa shape index (κ2) is 8.83. The normalized spacial score (nSPS) is 14.4. The van der Waals surface area contributed by atoms with E-state index in [-0.39, 0.29) is 5.91 Å². The van der Waals surface area contributed by atoms with Crippen LogP contribution in [0, 0.1) is 6.92 Å². The van der Waals surface area contributed by atoms with Gasteiger partial charge in [-0.3, -0.25) is 4.79 Å². The van der Waals surface area contributed by atoms with Gasteiger partial charge in [0.2, 0.25) is 5.95 Å². The quantitative estimate of drug-likeness (QED) is 0.392. The van der Waals surface area contributed by atoms with Crippen molar-refractivity contribution in [3.63, 3.8) is 0 Å². The number of hydrogen-bond donors (Lipinski definition) is 0. The minimum Gasteiger partial charge on any atom is -0.340 e. The first kappa shape index (κ1) is 21.3. The topological polar surface area (TPSA) is 66.6 Å². The number of hydrogen-bond acceptors (Lipinski definition) is 5. The Balaban J connectivity index is 1.41. The highest BCUT2D eigenvalue weighted by Gasteiger charge is 2.25. The predicted molar refractivity (Wildman–Crippen MR) is 138 cm³/mol. The number of benzene rings is 3. The maximum atomic E-state index is 13.1. The molecule has 1 aliphatic rings. The SMILES string of the molecule is Cc1ccc(-c2nnc3c4ccccc4nc(N4CCCN(C(=O)c5ccccc5)CC4)n23)cc1. The van der Waals surface area contributed by atoms with Crippen LogP contribution in [0.5, 0.6) is 0 Å². The number of aryl methyl sites for hydroxylation is 1. The molecule has 1 saturated heterocycles. The smallest absolute Gasteiger partial charge is 0.253 e. The summed E-state index contributed by atoms with van der Waals surface area (Å²) in [6.07, 6.45) is 0.858. The van der Waals surface area contributed by atoms with Crippen LogP contribution in [0.3, 0.4) is 0 Å². The van der Waals surface area contributed by atoms with Gasteiger partial charge in [0, 0.05) is 42.7 Å². The molecule has 7 nitrogen and oxygen atoms in total. The van der Waals surface area contributed by atoms with Crippen molar-refractivity contribution in [2.24, 2.45) is 0 Å². The van der Waals surface area contributed by atoms with Crippen molar-refractivity contribution in [2.75, 3.05) is 31.1 Å². The van der Waals surface area contributed by atoms with Crippen molar-refractivity contribution < 1.29 is 4.79 Å². The summed E-state index contributed by atoms with van der Waals surface area (Å²) in [5.74, 6) is 1.66. The molecule has 1 fully saturated rings.